The number of hydrogen-bond donors (Lipinski definition) is 0. The molecule has 0 unspecified atom stereocenters. The van der Waals surface area contributed by atoms with Gasteiger partial charge in [-0.05, 0) is 47.5 Å². The average molecular weight is 432 g/mol. The Morgan fingerprint density at radius 3 is 2.62 bits per heavy atom. The van der Waals surface area contributed by atoms with Crippen LogP contribution in [0.5, 0.6) is 11.5 Å². The van der Waals surface area contributed by atoms with E-state index in [1.807, 2.05) is 30.3 Å². The summed E-state index contributed by atoms with van der Waals surface area (Å²) in [4.78, 5) is 26.6. The highest BCUT2D eigenvalue weighted by molar-refractivity contribution is 9.10. The van der Waals surface area contributed by atoms with E-state index in [9.17, 15) is 9.59 Å². The molecule has 7 heteroatoms. The summed E-state index contributed by atoms with van der Waals surface area (Å²) in [5, 5.41) is -0.242. The number of ether oxygens (including phenoxy) is 2. The van der Waals surface area contributed by atoms with Gasteiger partial charge in [0.25, 0.3) is 11.1 Å². The Morgan fingerprint density at radius 1 is 1.12 bits per heavy atom. The van der Waals surface area contributed by atoms with Gasteiger partial charge in [-0.25, -0.2) is 0 Å². The van der Waals surface area contributed by atoms with Gasteiger partial charge in [0, 0.05) is 11.0 Å². The summed E-state index contributed by atoms with van der Waals surface area (Å²) in [6.07, 6.45) is 2.35. The number of carbonyl (C=O) groups excluding carboxylic acids is 2. The summed E-state index contributed by atoms with van der Waals surface area (Å²) in [5.41, 5.74) is 1.86. The Balaban J connectivity index is 1.52. The van der Waals surface area contributed by atoms with Gasteiger partial charge in [0.05, 0.1) is 4.91 Å². The molecule has 2 aromatic rings. The first-order chi connectivity index (χ1) is 12.6. The van der Waals surface area contributed by atoms with Crippen molar-refractivity contribution in [3.8, 4) is 11.5 Å². The van der Waals surface area contributed by atoms with Gasteiger partial charge < -0.3 is 9.47 Å². The predicted molar refractivity (Wildman–Crippen MR) is 103 cm³/mol. The summed E-state index contributed by atoms with van der Waals surface area (Å²) in [6.45, 7) is 0.551. The topological polar surface area (TPSA) is 55.8 Å². The van der Waals surface area contributed by atoms with E-state index in [-0.39, 0.29) is 17.9 Å². The molecular formula is C19H14BrNO4S. The molecule has 0 N–H and O–H groups in total. The van der Waals surface area contributed by atoms with Crippen molar-refractivity contribution < 1.29 is 19.1 Å². The molecule has 0 aliphatic carbocycles. The average Bonchev–Trinajstić information content (AvgIpc) is 3.19. The number of hydrogen-bond acceptors (Lipinski definition) is 5. The van der Waals surface area contributed by atoms with Crippen molar-refractivity contribution in [1.29, 1.82) is 0 Å². The van der Waals surface area contributed by atoms with Crippen molar-refractivity contribution in [2.45, 2.75) is 6.42 Å². The summed E-state index contributed by atoms with van der Waals surface area (Å²) in [6, 6.07) is 13.4. The zero-order valence-corrected chi connectivity index (χ0v) is 16.0. The monoisotopic (exact) mass is 431 g/mol. The first kappa shape index (κ1) is 17.2. The van der Waals surface area contributed by atoms with Crippen molar-refractivity contribution >= 4 is 44.9 Å². The number of amides is 2. The molecule has 2 aliphatic heterocycles. The molecule has 0 radical (unpaired) electrons. The first-order valence-corrected chi connectivity index (χ1v) is 9.61. The van der Waals surface area contributed by atoms with Crippen LogP contribution in [0.4, 0.5) is 4.79 Å². The Morgan fingerprint density at radius 2 is 1.85 bits per heavy atom. The second-order valence-corrected chi connectivity index (χ2v) is 7.64. The number of nitrogens with zero attached hydrogens (tertiary/aromatic N) is 1. The van der Waals surface area contributed by atoms with Crippen LogP contribution in [0.3, 0.4) is 0 Å². The molecule has 26 heavy (non-hydrogen) atoms. The van der Waals surface area contributed by atoms with Gasteiger partial charge in [-0.15, -0.1) is 0 Å². The zero-order chi connectivity index (χ0) is 18.1. The Kier molecular flexibility index (Phi) is 4.74. The zero-order valence-electron chi connectivity index (χ0n) is 13.6. The van der Waals surface area contributed by atoms with Crippen molar-refractivity contribution in [2.75, 3.05) is 13.3 Å². The van der Waals surface area contributed by atoms with E-state index >= 15 is 0 Å². The van der Waals surface area contributed by atoms with Gasteiger partial charge in [0.2, 0.25) is 6.79 Å². The fraction of sp³-hybridized carbons (Fsp3) is 0.158. The van der Waals surface area contributed by atoms with E-state index in [0.29, 0.717) is 29.4 Å². The van der Waals surface area contributed by atoms with Crippen LogP contribution in [0.25, 0.3) is 6.08 Å². The Hall–Kier alpha value is -2.25. The molecule has 2 aliphatic rings. The van der Waals surface area contributed by atoms with Crippen LogP contribution in [0, 0.1) is 0 Å². The molecule has 0 aromatic heterocycles. The fourth-order valence-corrected chi connectivity index (χ4v) is 4.06. The molecule has 2 heterocycles. The number of rotatable bonds is 4. The largest absolute Gasteiger partial charge is 0.454 e. The van der Waals surface area contributed by atoms with Gasteiger partial charge in [-0.3, -0.25) is 14.5 Å². The highest BCUT2D eigenvalue weighted by atomic mass is 79.9. The van der Waals surface area contributed by atoms with Crippen molar-refractivity contribution in [2.24, 2.45) is 0 Å². The van der Waals surface area contributed by atoms with Gasteiger partial charge in [0.15, 0.2) is 11.5 Å². The number of carbonyl (C=O) groups is 2. The Bertz CT molecular complexity index is 913. The third kappa shape index (κ3) is 3.37. The minimum absolute atomic E-state index is 0.182. The van der Waals surface area contributed by atoms with E-state index in [2.05, 4.69) is 15.9 Å². The highest BCUT2D eigenvalue weighted by Gasteiger charge is 2.34. The number of imide groups is 1. The summed E-state index contributed by atoms with van der Waals surface area (Å²) >= 11 is 4.43. The second-order valence-electron chi connectivity index (χ2n) is 5.80. The first-order valence-electron chi connectivity index (χ1n) is 8.00. The van der Waals surface area contributed by atoms with Crippen LogP contribution in [0.2, 0.25) is 0 Å². The summed E-state index contributed by atoms with van der Waals surface area (Å²) in [7, 11) is 0. The maximum Gasteiger partial charge on any atom is 0.293 e. The molecule has 2 aromatic carbocycles. The van der Waals surface area contributed by atoms with Crippen LogP contribution in [-0.2, 0) is 11.2 Å². The smallest absolute Gasteiger partial charge is 0.293 e. The van der Waals surface area contributed by atoms with E-state index < -0.39 is 0 Å². The standard InChI is InChI=1S/C19H14BrNO4S/c20-14-10-16-15(24-11-25-16)8-13(14)9-17-18(22)21(19(23)26-17)7-6-12-4-2-1-3-5-12/h1-5,8-10H,6-7,11H2/b17-9-. The quantitative estimate of drug-likeness (QED) is 0.668. The van der Waals surface area contributed by atoms with Crippen LogP contribution >= 0.6 is 27.7 Å². The van der Waals surface area contributed by atoms with Crippen LogP contribution < -0.4 is 9.47 Å². The SMILES string of the molecule is O=C1S/C(=C\c2cc3c(cc2Br)OCO3)C(=O)N1CCc1ccccc1. The third-order valence-electron chi connectivity index (χ3n) is 4.12. The lowest BCUT2D eigenvalue weighted by atomic mass is 10.1. The predicted octanol–water partition coefficient (Wildman–Crippen LogP) is 4.46. The third-order valence-corrected chi connectivity index (χ3v) is 5.71. The molecule has 4 rings (SSSR count). The van der Waals surface area contributed by atoms with Crippen molar-refractivity contribution in [3.63, 3.8) is 0 Å². The summed E-state index contributed by atoms with van der Waals surface area (Å²) < 4.78 is 11.5. The van der Waals surface area contributed by atoms with Crippen LogP contribution in [0.15, 0.2) is 51.8 Å². The van der Waals surface area contributed by atoms with Gasteiger partial charge >= 0.3 is 0 Å². The number of benzene rings is 2. The molecule has 0 saturated carbocycles. The molecule has 1 saturated heterocycles. The number of thioether (sulfide) groups is 1. The molecule has 132 valence electrons. The van der Waals surface area contributed by atoms with Gasteiger partial charge in [0.1, 0.15) is 0 Å². The van der Waals surface area contributed by atoms with Crippen LogP contribution in [0.1, 0.15) is 11.1 Å². The number of fused-ring (bicyclic) bond motifs is 1. The normalized spacial score (nSPS) is 17.4. The van der Waals surface area contributed by atoms with Gasteiger partial charge in [-0.2, -0.15) is 0 Å². The lowest BCUT2D eigenvalue weighted by molar-refractivity contribution is -0.122. The van der Waals surface area contributed by atoms with Crippen LogP contribution in [-0.4, -0.2) is 29.4 Å². The fourth-order valence-electron chi connectivity index (χ4n) is 2.76. The minimum Gasteiger partial charge on any atom is -0.454 e. The lowest BCUT2D eigenvalue weighted by Crippen LogP contribution is -2.30. The van der Waals surface area contributed by atoms with E-state index in [4.69, 9.17) is 9.47 Å². The molecule has 1 fully saturated rings. The maximum atomic E-state index is 12.6. The molecular weight excluding hydrogens is 418 g/mol. The summed E-state index contributed by atoms with van der Waals surface area (Å²) in [5.74, 6) is 1.02. The van der Waals surface area contributed by atoms with E-state index in [1.54, 1.807) is 18.2 Å². The molecule has 0 atom stereocenters. The molecule has 2 amide bonds. The molecule has 0 spiro atoms. The van der Waals surface area contributed by atoms with E-state index in [0.717, 1.165) is 27.4 Å². The lowest BCUT2D eigenvalue weighted by Gasteiger charge is -2.12. The Labute approximate surface area is 163 Å². The molecule has 5 nitrogen and oxygen atoms in total. The number of halogens is 1. The molecule has 0 bridgehead atoms. The van der Waals surface area contributed by atoms with Gasteiger partial charge in [-0.1, -0.05) is 46.3 Å². The maximum absolute atomic E-state index is 12.6. The second kappa shape index (κ2) is 7.17. The van der Waals surface area contributed by atoms with E-state index in [1.165, 1.54) is 4.90 Å². The van der Waals surface area contributed by atoms with Crippen molar-refractivity contribution in [1.82, 2.24) is 4.90 Å². The van der Waals surface area contributed by atoms with Crippen molar-refractivity contribution in [3.05, 3.63) is 63.0 Å². The highest BCUT2D eigenvalue weighted by Crippen LogP contribution is 2.39. The minimum atomic E-state index is -0.263.